The Hall–Kier alpha value is -0.630. The minimum Gasteiger partial charge on any atom is -0.351 e. The minimum absolute atomic E-state index is 0.00277. The van der Waals surface area contributed by atoms with Crippen molar-refractivity contribution in [3.63, 3.8) is 0 Å². The highest BCUT2D eigenvalue weighted by atomic mass is 127. The fourth-order valence-electron chi connectivity index (χ4n) is 1.27. The zero-order chi connectivity index (χ0) is 13.7. The first-order valence-corrected chi connectivity index (χ1v) is 7.22. The zero-order valence-corrected chi connectivity index (χ0v) is 13.9. The Kier molecular flexibility index (Phi) is 6.07. The predicted octanol–water partition coefficient (Wildman–Crippen LogP) is 2.26. The smallest absolute Gasteiger partial charge is 0.252 e. The average molecular weight is 425 g/mol. The fraction of sp³-hybridized carbons (Fsp3) is 0.333. The van der Waals surface area contributed by atoms with Gasteiger partial charge in [-0.3, -0.25) is 9.59 Å². The second-order valence-corrected chi connectivity index (χ2v) is 6.02. The second kappa shape index (κ2) is 7.08. The first-order valence-electron chi connectivity index (χ1n) is 5.35. The van der Waals surface area contributed by atoms with E-state index in [1.807, 2.05) is 12.1 Å². The summed E-state index contributed by atoms with van der Waals surface area (Å²) in [6.45, 7) is 0.341. The topological polar surface area (TPSA) is 49.4 Å². The summed E-state index contributed by atoms with van der Waals surface area (Å²) in [5, 5.41) is 2.73. The van der Waals surface area contributed by atoms with E-state index in [0.29, 0.717) is 18.5 Å². The van der Waals surface area contributed by atoms with Crippen LogP contribution in [0.1, 0.15) is 16.8 Å². The van der Waals surface area contributed by atoms with Crippen LogP contribution in [0, 0.1) is 3.57 Å². The van der Waals surface area contributed by atoms with Gasteiger partial charge in [0.25, 0.3) is 5.91 Å². The SMILES string of the molecule is CN(C)C(=O)CCNC(=O)c1cc(I)ccc1Br. The number of hydrogen-bond donors (Lipinski definition) is 1. The van der Waals surface area contributed by atoms with Gasteiger partial charge in [-0.2, -0.15) is 0 Å². The molecule has 18 heavy (non-hydrogen) atoms. The lowest BCUT2D eigenvalue weighted by atomic mass is 10.2. The van der Waals surface area contributed by atoms with Crippen LogP contribution < -0.4 is 5.32 Å². The number of halogens is 2. The fourth-order valence-corrected chi connectivity index (χ4v) is 2.19. The molecule has 1 N–H and O–H groups in total. The molecule has 0 bridgehead atoms. The maximum atomic E-state index is 11.9. The summed E-state index contributed by atoms with van der Waals surface area (Å²) in [5.74, 6) is -0.177. The van der Waals surface area contributed by atoms with E-state index < -0.39 is 0 Å². The molecule has 0 fully saturated rings. The van der Waals surface area contributed by atoms with Crippen molar-refractivity contribution in [3.8, 4) is 0 Å². The number of carbonyl (C=O) groups excluding carboxylic acids is 2. The molecule has 0 unspecified atom stereocenters. The largest absolute Gasteiger partial charge is 0.351 e. The number of rotatable bonds is 4. The third-order valence-corrected chi connectivity index (χ3v) is 3.66. The van der Waals surface area contributed by atoms with Crippen molar-refractivity contribution >= 4 is 50.3 Å². The van der Waals surface area contributed by atoms with Gasteiger partial charge in [-0.25, -0.2) is 0 Å². The molecule has 0 aliphatic heterocycles. The zero-order valence-electron chi connectivity index (χ0n) is 10.2. The molecule has 98 valence electrons. The number of amides is 2. The van der Waals surface area contributed by atoms with E-state index in [4.69, 9.17) is 0 Å². The summed E-state index contributed by atoms with van der Waals surface area (Å²) >= 11 is 5.49. The van der Waals surface area contributed by atoms with Gasteiger partial charge in [-0.1, -0.05) is 0 Å². The maximum Gasteiger partial charge on any atom is 0.252 e. The number of carbonyl (C=O) groups is 2. The molecular formula is C12H14BrIN2O2. The monoisotopic (exact) mass is 424 g/mol. The molecule has 6 heteroatoms. The summed E-state index contributed by atoms with van der Waals surface area (Å²) in [6.07, 6.45) is 0.306. The molecule has 0 aliphatic rings. The van der Waals surface area contributed by atoms with Crippen molar-refractivity contribution in [3.05, 3.63) is 31.8 Å². The van der Waals surface area contributed by atoms with Gasteiger partial charge < -0.3 is 10.2 Å². The number of nitrogens with zero attached hydrogens (tertiary/aromatic N) is 1. The number of hydrogen-bond acceptors (Lipinski definition) is 2. The molecule has 0 spiro atoms. The summed E-state index contributed by atoms with van der Waals surface area (Å²) < 4.78 is 1.74. The van der Waals surface area contributed by atoms with Gasteiger partial charge in [0.2, 0.25) is 5.91 Å². The van der Waals surface area contributed by atoms with Crippen LogP contribution in [0.3, 0.4) is 0 Å². The van der Waals surface area contributed by atoms with Gasteiger partial charge in [-0.05, 0) is 56.7 Å². The molecule has 0 heterocycles. The predicted molar refractivity (Wildman–Crippen MR) is 82.5 cm³/mol. The molecule has 4 nitrogen and oxygen atoms in total. The third kappa shape index (κ3) is 4.56. The normalized spacial score (nSPS) is 10.0. The summed E-state index contributed by atoms with van der Waals surface area (Å²) in [7, 11) is 3.39. The lowest BCUT2D eigenvalue weighted by Gasteiger charge is -2.11. The van der Waals surface area contributed by atoms with Crippen LogP contribution in [0.5, 0.6) is 0 Å². The third-order valence-electron chi connectivity index (χ3n) is 2.30. The van der Waals surface area contributed by atoms with Crippen LogP contribution in [-0.4, -0.2) is 37.4 Å². The van der Waals surface area contributed by atoms with Crippen molar-refractivity contribution in [2.24, 2.45) is 0 Å². The summed E-state index contributed by atoms with van der Waals surface area (Å²) in [4.78, 5) is 24.8. The van der Waals surface area contributed by atoms with Gasteiger partial charge >= 0.3 is 0 Å². The summed E-state index contributed by atoms with van der Waals surface area (Å²) in [6, 6.07) is 5.55. The first kappa shape index (κ1) is 15.4. The maximum absolute atomic E-state index is 11.9. The highest BCUT2D eigenvalue weighted by Crippen LogP contribution is 2.19. The molecule has 0 aromatic heterocycles. The van der Waals surface area contributed by atoms with E-state index in [2.05, 4.69) is 43.8 Å². The molecule has 0 saturated carbocycles. The van der Waals surface area contributed by atoms with Crippen LogP contribution in [0.4, 0.5) is 0 Å². The molecule has 1 rings (SSSR count). The van der Waals surface area contributed by atoms with E-state index >= 15 is 0 Å². The lowest BCUT2D eigenvalue weighted by molar-refractivity contribution is -0.128. The Morgan fingerprint density at radius 3 is 2.67 bits per heavy atom. The molecule has 0 aliphatic carbocycles. The Bertz CT molecular complexity index is 463. The van der Waals surface area contributed by atoms with Gasteiger partial charge in [0.05, 0.1) is 5.56 Å². The molecule has 0 atom stereocenters. The average Bonchev–Trinajstić information content (AvgIpc) is 2.31. The van der Waals surface area contributed by atoms with Gasteiger partial charge in [0.15, 0.2) is 0 Å². The van der Waals surface area contributed by atoms with Crippen molar-refractivity contribution in [2.75, 3.05) is 20.6 Å². The van der Waals surface area contributed by atoms with E-state index in [-0.39, 0.29) is 11.8 Å². The van der Waals surface area contributed by atoms with Crippen LogP contribution in [0.25, 0.3) is 0 Å². The van der Waals surface area contributed by atoms with Crippen LogP contribution >= 0.6 is 38.5 Å². The quantitative estimate of drug-likeness (QED) is 0.753. The Balaban J connectivity index is 2.56. The Labute approximate surface area is 128 Å². The van der Waals surface area contributed by atoms with E-state index in [1.54, 1.807) is 20.2 Å². The molecule has 2 amide bonds. The van der Waals surface area contributed by atoms with E-state index in [1.165, 1.54) is 4.90 Å². The van der Waals surface area contributed by atoms with Gasteiger partial charge in [0, 0.05) is 35.1 Å². The van der Waals surface area contributed by atoms with E-state index in [0.717, 1.165) is 8.04 Å². The van der Waals surface area contributed by atoms with Crippen molar-refractivity contribution < 1.29 is 9.59 Å². The molecule has 1 aromatic carbocycles. The number of nitrogens with one attached hydrogen (secondary N) is 1. The van der Waals surface area contributed by atoms with E-state index in [9.17, 15) is 9.59 Å². The van der Waals surface area contributed by atoms with Crippen molar-refractivity contribution in [1.82, 2.24) is 10.2 Å². The van der Waals surface area contributed by atoms with Crippen molar-refractivity contribution in [2.45, 2.75) is 6.42 Å². The number of benzene rings is 1. The van der Waals surface area contributed by atoms with Gasteiger partial charge in [-0.15, -0.1) is 0 Å². The Morgan fingerprint density at radius 1 is 1.39 bits per heavy atom. The van der Waals surface area contributed by atoms with Crippen LogP contribution in [0.2, 0.25) is 0 Å². The standard InChI is InChI=1S/C12H14BrIN2O2/c1-16(2)11(17)5-6-15-12(18)9-7-8(14)3-4-10(9)13/h3-4,7H,5-6H2,1-2H3,(H,15,18). The Morgan fingerprint density at radius 2 is 2.06 bits per heavy atom. The summed E-state index contributed by atoms with van der Waals surface area (Å²) in [5.41, 5.74) is 0.583. The molecule has 1 aromatic rings. The minimum atomic E-state index is -0.174. The molecular weight excluding hydrogens is 411 g/mol. The first-order chi connectivity index (χ1) is 8.41. The van der Waals surface area contributed by atoms with Crippen LogP contribution in [-0.2, 0) is 4.79 Å². The molecule has 0 radical (unpaired) electrons. The van der Waals surface area contributed by atoms with Gasteiger partial charge in [0.1, 0.15) is 0 Å². The highest BCUT2D eigenvalue weighted by molar-refractivity contribution is 14.1. The highest BCUT2D eigenvalue weighted by Gasteiger charge is 2.11. The second-order valence-electron chi connectivity index (χ2n) is 3.92. The molecule has 0 saturated heterocycles. The van der Waals surface area contributed by atoms with Crippen LogP contribution in [0.15, 0.2) is 22.7 Å². The lowest BCUT2D eigenvalue weighted by Crippen LogP contribution is -2.30. The van der Waals surface area contributed by atoms with Crippen molar-refractivity contribution in [1.29, 1.82) is 0 Å².